The van der Waals surface area contributed by atoms with Gasteiger partial charge in [0.2, 0.25) is 5.91 Å². The van der Waals surface area contributed by atoms with Crippen LogP contribution in [0.15, 0.2) is 5.10 Å². The van der Waals surface area contributed by atoms with Crippen LogP contribution in [0, 0.1) is 5.41 Å². The van der Waals surface area contributed by atoms with Gasteiger partial charge < -0.3 is 22.3 Å². The smallest absolute Gasteiger partial charge is 0.220 e. The highest BCUT2D eigenvalue weighted by molar-refractivity contribution is 5.85. The molecule has 8 heteroatoms. The molecule has 9 N–H and O–H groups in total. The molecule has 1 amide bonds. The molecule has 0 rings (SSSR count). The molecule has 0 aliphatic rings. The van der Waals surface area contributed by atoms with E-state index in [9.17, 15) is 4.79 Å². The lowest BCUT2D eigenvalue weighted by Gasteiger charge is -2.05. The first-order valence-corrected chi connectivity index (χ1v) is 4.43. The number of nitrogens with zero attached hydrogens (tertiary/aromatic N) is 1. The van der Waals surface area contributed by atoms with Gasteiger partial charge in [-0.05, 0) is 0 Å². The van der Waals surface area contributed by atoms with Gasteiger partial charge >= 0.3 is 0 Å². The summed E-state index contributed by atoms with van der Waals surface area (Å²) >= 11 is 0. The summed E-state index contributed by atoms with van der Waals surface area (Å²) in [5, 5.41) is 12.9. The summed E-state index contributed by atoms with van der Waals surface area (Å²) in [7, 11) is 0. The lowest BCUT2D eigenvalue weighted by molar-refractivity contribution is -0.120. The summed E-state index contributed by atoms with van der Waals surface area (Å²) in [6.45, 7) is 0.386. The predicted octanol–water partition coefficient (Wildman–Crippen LogP) is -2.06. The second kappa shape index (κ2) is 7.56. The highest BCUT2D eigenvalue weighted by Crippen LogP contribution is 1.87. The zero-order chi connectivity index (χ0) is 11.7. The molecule has 0 aromatic heterocycles. The third kappa shape index (κ3) is 7.26. The monoisotopic (exact) mass is 215 g/mol. The molecule has 0 fully saturated rings. The first kappa shape index (κ1) is 13.2. The molecule has 0 aliphatic heterocycles. The second-order valence-electron chi connectivity index (χ2n) is 2.85. The Labute approximate surface area is 87.7 Å². The lowest BCUT2D eigenvalue weighted by Crippen LogP contribution is -2.35. The third-order valence-corrected chi connectivity index (χ3v) is 1.63. The minimum absolute atomic E-state index is 0.00187. The number of hydrazine groups is 1. The van der Waals surface area contributed by atoms with E-state index in [2.05, 4.69) is 15.8 Å². The van der Waals surface area contributed by atoms with Crippen molar-refractivity contribution in [1.29, 1.82) is 5.41 Å². The predicted molar refractivity (Wildman–Crippen MR) is 57.7 cm³/mol. The minimum Gasteiger partial charge on any atom is -0.388 e. The Balaban J connectivity index is 3.59. The van der Waals surface area contributed by atoms with Gasteiger partial charge in [0.1, 0.15) is 5.84 Å². The molecule has 0 radical (unpaired) electrons. The van der Waals surface area contributed by atoms with Crippen molar-refractivity contribution in [3.8, 4) is 0 Å². The first-order valence-electron chi connectivity index (χ1n) is 4.43. The molecule has 0 heterocycles. The van der Waals surface area contributed by atoms with Gasteiger partial charge in [-0.1, -0.05) is 0 Å². The molecule has 0 aromatic carbocycles. The second-order valence-corrected chi connectivity index (χ2v) is 2.85. The molecule has 0 atom stereocenters. The quantitative estimate of drug-likeness (QED) is 0.130. The topological polar surface area (TPSA) is 155 Å². The van der Waals surface area contributed by atoms with E-state index < -0.39 is 0 Å². The number of rotatable bonds is 6. The van der Waals surface area contributed by atoms with Crippen molar-refractivity contribution in [3.05, 3.63) is 0 Å². The lowest BCUT2D eigenvalue weighted by atomic mass is 10.3. The van der Waals surface area contributed by atoms with E-state index in [1.165, 1.54) is 0 Å². The molecule has 15 heavy (non-hydrogen) atoms. The average molecular weight is 215 g/mol. The van der Waals surface area contributed by atoms with E-state index in [0.717, 1.165) is 0 Å². The summed E-state index contributed by atoms with van der Waals surface area (Å²) in [5.74, 6) is 10.3. The Morgan fingerprint density at radius 3 is 2.47 bits per heavy atom. The van der Waals surface area contributed by atoms with Crippen molar-refractivity contribution < 1.29 is 4.79 Å². The number of carbonyl (C=O) groups excluding carboxylic acids is 1. The van der Waals surface area contributed by atoms with Gasteiger partial charge in [0, 0.05) is 25.8 Å². The maximum Gasteiger partial charge on any atom is 0.220 e. The summed E-state index contributed by atoms with van der Waals surface area (Å²) in [5.41, 5.74) is 7.40. The van der Waals surface area contributed by atoms with Crippen LogP contribution < -0.4 is 28.2 Å². The molecule has 0 saturated carbocycles. The molecule has 0 saturated heterocycles. The number of hydrogen-bond acceptors (Lipinski definition) is 5. The Morgan fingerprint density at radius 1 is 1.33 bits per heavy atom. The highest BCUT2D eigenvalue weighted by atomic mass is 16.1. The van der Waals surface area contributed by atoms with Crippen molar-refractivity contribution in [3.63, 3.8) is 0 Å². The maximum absolute atomic E-state index is 11.1. The highest BCUT2D eigenvalue weighted by Gasteiger charge is 2.02. The Morgan fingerprint density at radius 2 is 2.00 bits per heavy atom. The largest absolute Gasteiger partial charge is 0.388 e. The van der Waals surface area contributed by atoms with E-state index >= 15 is 0 Å². The van der Waals surface area contributed by atoms with Gasteiger partial charge in [-0.3, -0.25) is 10.2 Å². The van der Waals surface area contributed by atoms with Crippen LogP contribution in [0.4, 0.5) is 0 Å². The van der Waals surface area contributed by atoms with E-state index in [1.807, 2.05) is 0 Å². The summed E-state index contributed by atoms with van der Waals surface area (Å²) in [6.07, 6.45) is 0.901. The zero-order valence-electron chi connectivity index (χ0n) is 8.42. The SMILES string of the molecule is N=C(N)CCC(=O)NCC/C(=N/N)NN. The first-order chi connectivity index (χ1) is 7.10. The van der Waals surface area contributed by atoms with E-state index in [-0.39, 0.29) is 24.6 Å². The molecular weight excluding hydrogens is 198 g/mol. The fraction of sp³-hybridized carbons (Fsp3) is 0.571. The maximum atomic E-state index is 11.1. The van der Waals surface area contributed by atoms with Gasteiger partial charge in [-0.25, -0.2) is 5.84 Å². The van der Waals surface area contributed by atoms with Crippen LogP contribution in [-0.2, 0) is 4.79 Å². The van der Waals surface area contributed by atoms with Gasteiger partial charge in [0.25, 0.3) is 0 Å². The molecule has 8 nitrogen and oxygen atoms in total. The molecule has 0 aliphatic carbocycles. The van der Waals surface area contributed by atoms with Gasteiger partial charge in [0.15, 0.2) is 0 Å². The Hall–Kier alpha value is -1.83. The number of amides is 1. The summed E-state index contributed by atoms with van der Waals surface area (Å²) < 4.78 is 0. The van der Waals surface area contributed by atoms with Crippen LogP contribution in [0.25, 0.3) is 0 Å². The Kier molecular flexibility index (Phi) is 6.64. The summed E-state index contributed by atoms with van der Waals surface area (Å²) in [4.78, 5) is 11.1. The third-order valence-electron chi connectivity index (χ3n) is 1.63. The van der Waals surface area contributed by atoms with Gasteiger partial charge in [-0.2, -0.15) is 5.10 Å². The van der Waals surface area contributed by atoms with Crippen molar-refractivity contribution >= 4 is 17.6 Å². The van der Waals surface area contributed by atoms with Crippen molar-refractivity contribution in [1.82, 2.24) is 10.7 Å². The summed E-state index contributed by atoms with van der Waals surface area (Å²) in [6, 6.07) is 0. The van der Waals surface area contributed by atoms with Crippen LogP contribution in [0.1, 0.15) is 19.3 Å². The van der Waals surface area contributed by atoms with Gasteiger partial charge in [0.05, 0.1) is 5.84 Å². The van der Waals surface area contributed by atoms with Crippen LogP contribution in [0.3, 0.4) is 0 Å². The molecule has 0 spiro atoms. The number of nitrogens with two attached hydrogens (primary N) is 3. The Bertz CT molecular complexity index is 250. The van der Waals surface area contributed by atoms with E-state index in [1.54, 1.807) is 0 Å². The average Bonchev–Trinajstić information content (AvgIpc) is 2.21. The van der Waals surface area contributed by atoms with Crippen molar-refractivity contribution in [2.45, 2.75) is 19.3 Å². The fourth-order valence-corrected chi connectivity index (χ4v) is 0.831. The van der Waals surface area contributed by atoms with Crippen LogP contribution >= 0.6 is 0 Å². The van der Waals surface area contributed by atoms with Crippen LogP contribution in [0.5, 0.6) is 0 Å². The number of hydrazone groups is 1. The normalized spacial score (nSPS) is 10.9. The van der Waals surface area contributed by atoms with Crippen molar-refractivity contribution in [2.24, 2.45) is 22.5 Å². The number of carbonyl (C=O) groups is 1. The zero-order valence-corrected chi connectivity index (χ0v) is 8.42. The molecule has 86 valence electrons. The molecular formula is C7H17N7O. The van der Waals surface area contributed by atoms with E-state index in [4.69, 9.17) is 22.8 Å². The molecule has 0 aromatic rings. The van der Waals surface area contributed by atoms with E-state index in [0.29, 0.717) is 18.8 Å². The minimum atomic E-state index is -0.168. The standard InChI is InChI=1S/C7H17N7O/c8-5(9)1-2-7(15)12-4-3-6(13-10)14-11/h1-4,10-11H2,(H3,8,9)(H,12,15)(H,13,14). The van der Waals surface area contributed by atoms with Crippen molar-refractivity contribution in [2.75, 3.05) is 6.54 Å². The van der Waals surface area contributed by atoms with Crippen LogP contribution in [0.2, 0.25) is 0 Å². The van der Waals surface area contributed by atoms with Crippen LogP contribution in [-0.4, -0.2) is 24.1 Å². The number of amidine groups is 2. The number of hydrogen-bond donors (Lipinski definition) is 6. The molecule has 0 bridgehead atoms. The number of nitrogens with one attached hydrogen (secondary N) is 3. The molecule has 0 unspecified atom stereocenters. The fourth-order valence-electron chi connectivity index (χ4n) is 0.831. The van der Waals surface area contributed by atoms with Gasteiger partial charge in [-0.15, -0.1) is 0 Å².